The van der Waals surface area contributed by atoms with Gasteiger partial charge in [-0.1, -0.05) is 11.6 Å². The lowest BCUT2D eigenvalue weighted by molar-refractivity contribution is 1.07. The summed E-state index contributed by atoms with van der Waals surface area (Å²) in [6, 6.07) is 11.6. The van der Waals surface area contributed by atoms with Crippen LogP contribution in [0.15, 0.2) is 42.7 Å². The molecule has 3 rings (SSSR count). The molecule has 0 amide bonds. The van der Waals surface area contributed by atoms with E-state index in [0.29, 0.717) is 0 Å². The molecule has 0 bridgehead atoms. The third kappa shape index (κ3) is 1.73. The molecule has 2 N–H and O–H groups in total. The van der Waals surface area contributed by atoms with E-state index in [1.807, 2.05) is 47.9 Å². The fourth-order valence-electron chi connectivity index (χ4n) is 2.11. The lowest BCUT2D eigenvalue weighted by atomic mass is 10.2. The van der Waals surface area contributed by atoms with E-state index in [1.165, 1.54) is 0 Å². The molecule has 90 valence electrons. The highest BCUT2D eigenvalue weighted by Gasteiger charge is 2.07. The molecule has 4 heteroatoms. The van der Waals surface area contributed by atoms with Crippen LogP contribution in [0, 0.1) is 6.92 Å². The van der Waals surface area contributed by atoms with Gasteiger partial charge in [0.25, 0.3) is 0 Å². The summed E-state index contributed by atoms with van der Waals surface area (Å²) in [4.78, 5) is 4.37. The number of benzene rings is 2. The number of imidazole rings is 1. The largest absolute Gasteiger partial charge is 0.399 e. The average molecular weight is 258 g/mol. The van der Waals surface area contributed by atoms with Gasteiger partial charge >= 0.3 is 0 Å². The zero-order valence-corrected chi connectivity index (χ0v) is 10.6. The third-order valence-corrected chi connectivity index (χ3v) is 3.22. The van der Waals surface area contributed by atoms with Gasteiger partial charge in [0.1, 0.15) is 6.33 Å². The average Bonchev–Trinajstić information content (AvgIpc) is 2.72. The van der Waals surface area contributed by atoms with Crippen LogP contribution in [-0.2, 0) is 0 Å². The first-order chi connectivity index (χ1) is 8.65. The molecule has 0 aliphatic carbocycles. The van der Waals surface area contributed by atoms with Gasteiger partial charge in [-0.05, 0) is 48.9 Å². The molecule has 1 heterocycles. The Balaban J connectivity index is 2.25. The zero-order valence-electron chi connectivity index (χ0n) is 9.89. The van der Waals surface area contributed by atoms with Crippen molar-refractivity contribution in [1.29, 1.82) is 0 Å². The van der Waals surface area contributed by atoms with Crippen molar-refractivity contribution < 1.29 is 0 Å². The molecule has 0 atom stereocenters. The van der Waals surface area contributed by atoms with Gasteiger partial charge in [-0.2, -0.15) is 0 Å². The van der Waals surface area contributed by atoms with Crippen LogP contribution >= 0.6 is 11.6 Å². The highest BCUT2D eigenvalue weighted by molar-refractivity contribution is 6.30. The van der Waals surface area contributed by atoms with Gasteiger partial charge in [0.05, 0.1) is 16.7 Å². The zero-order chi connectivity index (χ0) is 12.7. The Morgan fingerprint density at radius 3 is 2.78 bits per heavy atom. The summed E-state index contributed by atoms with van der Waals surface area (Å²) in [5.74, 6) is 0. The first-order valence-corrected chi connectivity index (χ1v) is 6.02. The van der Waals surface area contributed by atoms with E-state index in [2.05, 4.69) is 4.98 Å². The van der Waals surface area contributed by atoms with E-state index in [9.17, 15) is 0 Å². The minimum Gasteiger partial charge on any atom is -0.399 e. The second-order valence-corrected chi connectivity index (χ2v) is 4.73. The Labute approximate surface area is 110 Å². The maximum Gasteiger partial charge on any atom is 0.100 e. The third-order valence-electron chi connectivity index (χ3n) is 2.99. The Bertz CT molecular complexity index is 731. The van der Waals surface area contributed by atoms with Gasteiger partial charge < -0.3 is 5.73 Å². The molecule has 0 aliphatic heterocycles. The van der Waals surface area contributed by atoms with Gasteiger partial charge in [-0.3, -0.25) is 4.57 Å². The summed E-state index contributed by atoms with van der Waals surface area (Å²) in [5, 5.41) is 0.741. The predicted molar refractivity (Wildman–Crippen MR) is 75.2 cm³/mol. The van der Waals surface area contributed by atoms with Crippen LogP contribution in [0.3, 0.4) is 0 Å². The number of aryl methyl sites for hydroxylation is 1. The number of rotatable bonds is 1. The number of nitrogens with two attached hydrogens (primary N) is 1. The summed E-state index contributed by atoms with van der Waals surface area (Å²) in [5.41, 5.74) is 10.6. The molecule has 0 unspecified atom stereocenters. The van der Waals surface area contributed by atoms with Crippen LogP contribution in [0.5, 0.6) is 0 Å². The van der Waals surface area contributed by atoms with Gasteiger partial charge in [-0.25, -0.2) is 4.98 Å². The van der Waals surface area contributed by atoms with Crippen molar-refractivity contribution in [1.82, 2.24) is 9.55 Å². The van der Waals surface area contributed by atoms with Crippen molar-refractivity contribution in [3.63, 3.8) is 0 Å². The van der Waals surface area contributed by atoms with Crippen LogP contribution < -0.4 is 5.73 Å². The molecule has 0 fully saturated rings. The minimum atomic E-state index is 0.723. The number of halogens is 1. The van der Waals surface area contributed by atoms with Crippen molar-refractivity contribution in [2.45, 2.75) is 6.92 Å². The molecular formula is C14H12ClN3. The minimum absolute atomic E-state index is 0.723. The highest BCUT2D eigenvalue weighted by atomic mass is 35.5. The summed E-state index contributed by atoms with van der Waals surface area (Å²) < 4.78 is 2.04. The van der Waals surface area contributed by atoms with Crippen molar-refractivity contribution >= 4 is 28.3 Å². The predicted octanol–water partition coefficient (Wildman–Crippen LogP) is 3.57. The first kappa shape index (κ1) is 11.1. The van der Waals surface area contributed by atoms with Crippen LogP contribution in [0.25, 0.3) is 16.7 Å². The van der Waals surface area contributed by atoms with Crippen molar-refractivity contribution in [3.05, 3.63) is 53.3 Å². The first-order valence-electron chi connectivity index (χ1n) is 5.64. The number of fused-ring (bicyclic) bond motifs is 1. The lowest BCUT2D eigenvalue weighted by Crippen LogP contribution is -1.95. The van der Waals surface area contributed by atoms with Gasteiger partial charge in [-0.15, -0.1) is 0 Å². The summed E-state index contributed by atoms with van der Waals surface area (Å²) in [7, 11) is 0. The second-order valence-electron chi connectivity index (χ2n) is 4.29. The highest BCUT2D eigenvalue weighted by Crippen LogP contribution is 2.24. The van der Waals surface area contributed by atoms with E-state index in [-0.39, 0.29) is 0 Å². The van der Waals surface area contributed by atoms with Crippen molar-refractivity contribution in [3.8, 4) is 5.69 Å². The monoisotopic (exact) mass is 257 g/mol. The number of aromatic nitrogens is 2. The Morgan fingerprint density at radius 2 is 2.00 bits per heavy atom. The molecule has 18 heavy (non-hydrogen) atoms. The number of hydrogen-bond acceptors (Lipinski definition) is 2. The van der Waals surface area contributed by atoms with E-state index in [0.717, 1.165) is 33.0 Å². The maximum absolute atomic E-state index is 5.98. The molecule has 0 aliphatic rings. The molecule has 0 radical (unpaired) electrons. The van der Waals surface area contributed by atoms with Crippen LogP contribution in [0.4, 0.5) is 5.69 Å². The molecule has 3 aromatic rings. The maximum atomic E-state index is 5.98. The Morgan fingerprint density at radius 1 is 1.17 bits per heavy atom. The summed E-state index contributed by atoms with van der Waals surface area (Å²) >= 11 is 5.98. The van der Waals surface area contributed by atoms with E-state index in [4.69, 9.17) is 17.3 Å². The lowest BCUT2D eigenvalue weighted by Gasteiger charge is -2.08. The fourth-order valence-corrected chi connectivity index (χ4v) is 2.34. The molecule has 1 aromatic heterocycles. The SMILES string of the molecule is Cc1cc(Cl)ccc1-n1cnc2cc(N)ccc21. The molecule has 3 nitrogen and oxygen atoms in total. The molecule has 0 saturated carbocycles. The van der Waals surface area contributed by atoms with Crippen molar-refractivity contribution in [2.24, 2.45) is 0 Å². The number of anilines is 1. The topological polar surface area (TPSA) is 43.8 Å². The quantitative estimate of drug-likeness (QED) is 0.678. The Kier molecular flexibility index (Phi) is 2.49. The molecule has 2 aromatic carbocycles. The molecule has 0 spiro atoms. The summed E-state index contributed by atoms with van der Waals surface area (Å²) in [6.07, 6.45) is 1.81. The van der Waals surface area contributed by atoms with E-state index in [1.54, 1.807) is 6.33 Å². The van der Waals surface area contributed by atoms with Gasteiger partial charge in [0.15, 0.2) is 0 Å². The van der Waals surface area contributed by atoms with Crippen LogP contribution in [0.2, 0.25) is 5.02 Å². The van der Waals surface area contributed by atoms with Crippen LogP contribution in [-0.4, -0.2) is 9.55 Å². The van der Waals surface area contributed by atoms with Crippen LogP contribution in [0.1, 0.15) is 5.56 Å². The smallest absolute Gasteiger partial charge is 0.100 e. The number of nitrogens with zero attached hydrogens (tertiary/aromatic N) is 2. The number of hydrogen-bond donors (Lipinski definition) is 1. The van der Waals surface area contributed by atoms with Gasteiger partial charge in [0.2, 0.25) is 0 Å². The Hall–Kier alpha value is -2.00. The number of nitrogen functional groups attached to an aromatic ring is 1. The molecular weight excluding hydrogens is 246 g/mol. The second kappa shape index (κ2) is 4.03. The van der Waals surface area contributed by atoms with Crippen molar-refractivity contribution in [2.75, 3.05) is 5.73 Å². The normalized spacial score (nSPS) is 11.0. The summed E-state index contributed by atoms with van der Waals surface area (Å²) in [6.45, 7) is 2.03. The molecule has 0 saturated heterocycles. The van der Waals surface area contributed by atoms with E-state index < -0.39 is 0 Å². The van der Waals surface area contributed by atoms with Gasteiger partial charge in [0, 0.05) is 10.7 Å². The fraction of sp³-hybridized carbons (Fsp3) is 0.0714. The van der Waals surface area contributed by atoms with E-state index >= 15 is 0 Å². The standard InChI is InChI=1S/C14H12ClN3/c1-9-6-10(15)2-4-13(9)18-8-17-12-7-11(16)3-5-14(12)18/h2-8H,16H2,1H3.